The summed E-state index contributed by atoms with van der Waals surface area (Å²) in [6, 6.07) is 8.27. The van der Waals surface area contributed by atoms with Gasteiger partial charge in [0.2, 0.25) is 0 Å². The van der Waals surface area contributed by atoms with Crippen LogP contribution in [0.1, 0.15) is 26.7 Å². The molecule has 0 amide bonds. The van der Waals surface area contributed by atoms with E-state index in [0.717, 1.165) is 30.5 Å². The standard InChI is InChI=1S/C16H20N2O3/c1-16(2,14(19)20)11-6-5-9-18(10-11)15-17-12-7-3-4-8-13(12)21-15/h3-4,7-8,11H,5-6,9-10H2,1-2H3,(H,19,20). The van der Waals surface area contributed by atoms with E-state index < -0.39 is 11.4 Å². The predicted molar refractivity (Wildman–Crippen MR) is 80.4 cm³/mol. The monoisotopic (exact) mass is 288 g/mol. The quantitative estimate of drug-likeness (QED) is 0.939. The molecule has 1 saturated heterocycles. The van der Waals surface area contributed by atoms with Gasteiger partial charge in [-0.2, -0.15) is 4.98 Å². The van der Waals surface area contributed by atoms with Gasteiger partial charge in [0.1, 0.15) is 5.52 Å². The second-order valence-electron chi connectivity index (χ2n) is 6.28. The second kappa shape index (κ2) is 5.06. The van der Waals surface area contributed by atoms with E-state index in [4.69, 9.17) is 4.42 Å². The van der Waals surface area contributed by atoms with Crippen LogP contribution in [-0.2, 0) is 4.79 Å². The molecule has 0 spiro atoms. The van der Waals surface area contributed by atoms with Crippen LogP contribution >= 0.6 is 0 Å². The molecule has 0 aliphatic carbocycles. The molecule has 1 aromatic heterocycles. The Morgan fingerprint density at radius 3 is 2.90 bits per heavy atom. The number of rotatable bonds is 3. The van der Waals surface area contributed by atoms with Gasteiger partial charge in [-0.3, -0.25) is 4.79 Å². The van der Waals surface area contributed by atoms with Gasteiger partial charge in [0.15, 0.2) is 5.58 Å². The van der Waals surface area contributed by atoms with Gasteiger partial charge in [-0.1, -0.05) is 12.1 Å². The van der Waals surface area contributed by atoms with E-state index in [2.05, 4.69) is 9.88 Å². The fraction of sp³-hybridized carbons (Fsp3) is 0.500. The van der Waals surface area contributed by atoms with Crippen molar-refractivity contribution >= 4 is 23.1 Å². The van der Waals surface area contributed by atoms with Gasteiger partial charge in [-0.05, 0) is 44.7 Å². The van der Waals surface area contributed by atoms with Gasteiger partial charge in [-0.25, -0.2) is 0 Å². The number of aliphatic carboxylic acids is 1. The lowest BCUT2D eigenvalue weighted by Gasteiger charge is -2.38. The number of benzene rings is 1. The molecule has 0 bridgehead atoms. The Morgan fingerprint density at radius 1 is 1.43 bits per heavy atom. The summed E-state index contributed by atoms with van der Waals surface area (Å²) in [6.45, 7) is 5.14. The van der Waals surface area contributed by atoms with Crippen LogP contribution in [0.25, 0.3) is 11.1 Å². The summed E-state index contributed by atoms with van der Waals surface area (Å²) in [7, 11) is 0. The van der Waals surface area contributed by atoms with E-state index in [1.165, 1.54) is 0 Å². The first-order valence-electron chi connectivity index (χ1n) is 7.32. The molecule has 1 atom stereocenters. The predicted octanol–water partition coefficient (Wildman–Crippen LogP) is 3.16. The van der Waals surface area contributed by atoms with Gasteiger partial charge in [0, 0.05) is 13.1 Å². The molecule has 1 aliphatic heterocycles. The third kappa shape index (κ3) is 2.48. The van der Waals surface area contributed by atoms with Gasteiger partial charge >= 0.3 is 5.97 Å². The van der Waals surface area contributed by atoms with Gasteiger partial charge in [-0.15, -0.1) is 0 Å². The van der Waals surface area contributed by atoms with Crippen LogP contribution in [0.2, 0.25) is 0 Å². The maximum absolute atomic E-state index is 11.4. The summed E-state index contributed by atoms with van der Waals surface area (Å²) in [5, 5.41) is 9.41. The number of hydrogen-bond acceptors (Lipinski definition) is 4. The Balaban J connectivity index is 1.84. The Bertz CT molecular complexity index is 629. The Hall–Kier alpha value is -2.04. The lowest BCUT2D eigenvalue weighted by atomic mass is 9.75. The summed E-state index contributed by atoms with van der Waals surface area (Å²) in [5.41, 5.74) is 0.879. The summed E-state index contributed by atoms with van der Waals surface area (Å²) in [4.78, 5) is 18.0. The highest BCUT2D eigenvalue weighted by atomic mass is 16.4. The van der Waals surface area contributed by atoms with Crippen LogP contribution in [0.5, 0.6) is 0 Å². The molecule has 112 valence electrons. The average Bonchev–Trinajstić information content (AvgIpc) is 2.91. The van der Waals surface area contributed by atoms with Crippen molar-refractivity contribution in [2.24, 2.45) is 11.3 Å². The molecule has 1 fully saturated rings. The maximum atomic E-state index is 11.4. The third-order valence-electron chi connectivity index (χ3n) is 4.55. The fourth-order valence-electron chi connectivity index (χ4n) is 2.91. The average molecular weight is 288 g/mol. The number of carboxylic acid groups (broad SMARTS) is 1. The second-order valence-corrected chi connectivity index (χ2v) is 6.28. The molecule has 1 aliphatic rings. The van der Waals surface area contributed by atoms with Gasteiger partial charge < -0.3 is 14.4 Å². The fourth-order valence-corrected chi connectivity index (χ4v) is 2.91. The molecule has 1 N–H and O–H groups in total. The Morgan fingerprint density at radius 2 is 2.19 bits per heavy atom. The minimum atomic E-state index is -0.744. The number of oxazole rings is 1. The van der Waals surface area contributed by atoms with Crippen LogP contribution in [-0.4, -0.2) is 29.1 Å². The van der Waals surface area contributed by atoms with Gasteiger partial charge in [0.25, 0.3) is 6.01 Å². The molecule has 5 heteroatoms. The lowest BCUT2D eigenvalue weighted by Crippen LogP contribution is -2.44. The number of hydrogen-bond donors (Lipinski definition) is 1. The zero-order valence-electron chi connectivity index (χ0n) is 12.4. The largest absolute Gasteiger partial charge is 0.481 e. The third-order valence-corrected chi connectivity index (χ3v) is 4.55. The molecular weight excluding hydrogens is 268 g/mol. The molecule has 1 aromatic carbocycles. The smallest absolute Gasteiger partial charge is 0.309 e. The van der Waals surface area contributed by atoms with Crippen molar-refractivity contribution in [3.05, 3.63) is 24.3 Å². The van der Waals surface area contributed by atoms with Crippen LogP contribution in [0.15, 0.2) is 28.7 Å². The SMILES string of the molecule is CC(C)(C(=O)O)C1CCCN(c2nc3ccccc3o2)C1. The minimum absolute atomic E-state index is 0.0961. The molecule has 0 saturated carbocycles. The van der Waals surface area contributed by atoms with Crippen LogP contribution < -0.4 is 4.90 Å². The van der Waals surface area contributed by atoms with Crippen LogP contribution in [0, 0.1) is 11.3 Å². The van der Waals surface area contributed by atoms with Crippen molar-refractivity contribution in [1.29, 1.82) is 0 Å². The normalized spacial score (nSPS) is 19.9. The first-order valence-corrected chi connectivity index (χ1v) is 7.32. The Labute approximate surface area is 123 Å². The Kier molecular flexibility index (Phi) is 3.35. The molecule has 2 heterocycles. The number of aromatic nitrogens is 1. The van der Waals surface area contributed by atoms with Crippen molar-refractivity contribution in [3.8, 4) is 0 Å². The number of para-hydroxylation sites is 2. The molecule has 21 heavy (non-hydrogen) atoms. The number of fused-ring (bicyclic) bond motifs is 1. The molecular formula is C16H20N2O3. The van der Waals surface area contributed by atoms with E-state index in [1.807, 2.05) is 24.3 Å². The number of carbonyl (C=O) groups is 1. The molecule has 2 aromatic rings. The number of anilines is 1. The summed E-state index contributed by atoms with van der Waals surface area (Å²) in [5.74, 6) is -0.648. The molecule has 5 nitrogen and oxygen atoms in total. The van der Waals surface area contributed by atoms with E-state index in [1.54, 1.807) is 13.8 Å². The topological polar surface area (TPSA) is 66.6 Å². The van der Waals surface area contributed by atoms with E-state index >= 15 is 0 Å². The molecule has 0 radical (unpaired) electrons. The molecule has 1 unspecified atom stereocenters. The van der Waals surface area contributed by atoms with Gasteiger partial charge in [0.05, 0.1) is 5.41 Å². The van der Waals surface area contributed by atoms with E-state index in [9.17, 15) is 9.90 Å². The summed E-state index contributed by atoms with van der Waals surface area (Å²) >= 11 is 0. The number of piperidine rings is 1. The van der Waals surface area contributed by atoms with Crippen molar-refractivity contribution in [2.75, 3.05) is 18.0 Å². The first kappa shape index (κ1) is 13.9. The van der Waals surface area contributed by atoms with Crippen molar-refractivity contribution in [2.45, 2.75) is 26.7 Å². The zero-order chi connectivity index (χ0) is 15.0. The highest BCUT2D eigenvalue weighted by molar-refractivity contribution is 5.75. The number of carboxylic acids is 1. The van der Waals surface area contributed by atoms with Crippen molar-refractivity contribution in [1.82, 2.24) is 4.98 Å². The maximum Gasteiger partial charge on any atom is 0.309 e. The molecule has 3 rings (SSSR count). The first-order chi connectivity index (χ1) is 9.98. The summed E-state index contributed by atoms with van der Waals surface area (Å²) < 4.78 is 5.80. The highest BCUT2D eigenvalue weighted by Crippen LogP contribution is 2.36. The number of nitrogens with zero attached hydrogens (tertiary/aromatic N) is 2. The summed E-state index contributed by atoms with van der Waals surface area (Å²) in [6.07, 6.45) is 1.89. The highest BCUT2D eigenvalue weighted by Gasteiger charge is 2.39. The van der Waals surface area contributed by atoms with E-state index in [-0.39, 0.29) is 5.92 Å². The minimum Gasteiger partial charge on any atom is -0.481 e. The van der Waals surface area contributed by atoms with Crippen LogP contribution in [0.3, 0.4) is 0 Å². The van der Waals surface area contributed by atoms with Crippen molar-refractivity contribution < 1.29 is 14.3 Å². The van der Waals surface area contributed by atoms with Crippen molar-refractivity contribution in [3.63, 3.8) is 0 Å². The lowest BCUT2D eigenvalue weighted by molar-refractivity contribution is -0.150. The van der Waals surface area contributed by atoms with E-state index in [0.29, 0.717) is 12.6 Å². The zero-order valence-corrected chi connectivity index (χ0v) is 12.4. The van der Waals surface area contributed by atoms with Crippen LogP contribution in [0.4, 0.5) is 6.01 Å².